The van der Waals surface area contributed by atoms with Gasteiger partial charge in [0.15, 0.2) is 0 Å². The summed E-state index contributed by atoms with van der Waals surface area (Å²) in [7, 11) is 15.0. The predicted molar refractivity (Wildman–Crippen MR) is 23.3 cm³/mol. The van der Waals surface area contributed by atoms with Crippen LogP contribution in [0, 0.1) is 35.6 Å². The van der Waals surface area contributed by atoms with Crippen molar-refractivity contribution in [3.63, 3.8) is 0 Å². The Morgan fingerprint density at radius 3 is 0.700 bits per heavy atom. The summed E-state index contributed by atoms with van der Waals surface area (Å²) < 4.78 is 0. The SMILES string of the molecule is [Cl-].[Cl-].[Cl-].[Cl-].[Cl][Bi]([Cl])[Cl].[La+3].[Li+]. The molecule has 0 unspecified atom stereocenters. The molecule has 0 bridgehead atoms. The van der Waals surface area contributed by atoms with Gasteiger partial charge in [-0.2, -0.15) is 0 Å². The summed E-state index contributed by atoms with van der Waals surface area (Å²) >= 11 is -2.18. The molecule has 0 saturated carbocycles. The smallest absolute Gasteiger partial charge is 1.00 e. The van der Waals surface area contributed by atoms with Crippen LogP contribution in [0.4, 0.5) is 0 Å². The summed E-state index contributed by atoms with van der Waals surface area (Å²) in [5.74, 6) is 0. The van der Waals surface area contributed by atoms with Crippen LogP contribution in [-0.4, -0.2) is 18.2 Å². The van der Waals surface area contributed by atoms with Crippen molar-refractivity contribution in [1.29, 1.82) is 0 Å². The van der Waals surface area contributed by atoms with E-state index in [1.807, 2.05) is 0 Å². The van der Waals surface area contributed by atoms with Gasteiger partial charge in [0.05, 0.1) is 0 Å². The van der Waals surface area contributed by atoms with Crippen molar-refractivity contribution in [3.05, 3.63) is 0 Å². The van der Waals surface area contributed by atoms with Crippen LogP contribution in [0.1, 0.15) is 0 Å². The summed E-state index contributed by atoms with van der Waals surface area (Å²) in [5.41, 5.74) is 0. The standard InChI is InChI=1S/Bi.7ClH.La.Li/h;7*1H;;/q+3;;;;;;;;+3;+1/p-7. The van der Waals surface area contributed by atoms with Gasteiger partial charge in [0.1, 0.15) is 0 Å². The maximum atomic E-state index is 5.01. The fourth-order valence-electron chi connectivity index (χ4n) is 0. The number of halogens is 7. The zero-order chi connectivity index (χ0) is 3.58. The van der Waals surface area contributed by atoms with E-state index in [1.54, 1.807) is 0 Å². The van der Waals surface area contributed by atoms with Crippen LogP contribution in [-0.2, 0) is 0 Å². The molecule has 0 aliphatic rings. The van der Waals surface area contributed by atoms with Crippen molar-refractivity contribution in [2.24, 2.45) is 0 Å². The van der Waals surface area contributed by atoms with Gasteiger partial charge in [0, 0.05) is 0 Å². The van der Waals surface area contributed by atoms with Gasteiger partial charge in [-0.25, -0.2) is 0 Å². The van der Waals surface area contributed by atoms with Crippen LogP contribution in [0.3, 0.4) is 0 Å². The zero-order valence-corrected chi connectivity index (χ0v) is 17.1. The van der Waals surface area contributed by atoms with Crippen molar-refractivity contribution in [2.45, 2.75) is 0 Å². The maximum Gasteiger partial charge on any atom is 3.00 e. The summed E-state index contributed by atoms with van der Waals surface area (Å²) in [6.07, 6.45) is 0. The fourth-order valence-corrected chi connectivity index (χ4v) is 0. The van der Waals surface area contributed by atoms with E-state index < -0.39 is 18.2 Å². The quantitative estimate of drug-likeness (QED) is 0.242. The Morgan fingerprint density at radius 1 is 0.700 bits per heavy atom. The van der Waals surface area contributed by atoms with E-state index in [9.17, 15) is 0 Å². The van der Waals surface area contributed by atoms with E-state index in [4.69, 9.17) is 25.5 Å². The number of hydrogen-bond donors (Lipinski definition) is 0. The first-order valence-electron chi connectivity index (χ1n) is 0.507. The number of hydrogen-bond acceptors (Lipinski definition) is 0. The normalized spacial score (nSPS) is 3.60. The molecular formula is BiCl7LaLi. The van der Waals surface area contributed by atoms with Gasteiger partial charge in [-0.3, -0.25) is 0 Å². The van der Waals surface area contributed by atoms with E-state index in [1.165, 1.54) is 0 Å². The second-order valence-corrected chi connectivity index (χ2v) is 15.1. The Hall–Kier alpha value is 4.71. The summed E-state index contributed by atoms with van der Waals surface area (Å²) in [6, 6.07) is 0. The number of rotatable bonds is 0. The average molecular weight is 603 g/mol. The molecule has 0 spiro atoms. The van der Waals surface area contributed by atoms with Gasteiger partial charge in [0.25, 0.3) is 0 Å². The molecule has 0 aliphatic carbocycles. The molecule has 0 fully saturated rings. The van der Waals surface area contributed by atoms with Crippen LogP contribution in [0.5, 0.6) is 0 Å². The molecule has 0 amide bonds. The third-order valence-corrected chi connectivity index (χ3v) is 0. The second-order valence-electron chi connectivity index (χ2n) is 0.192. The van der Waals surface area contributed by atoms with Crippen molar-refractivity contribution in [2.75, 3.05) is 0 Å². The van der Waals surface area contributed by atoms with Crippen molar-refractivity contribution < 1.29 is 104 Å². The van der Waals surface area contributed by atoms with Crippen LogP contribution < -0.4 is 68.5 Å². The average Bonchev–Trinajstić information content (AvgIpc) is 0.811. The van der Waals surface area contributed by atoms with Gasteiger partial charge in [0.2, 0.25) is 0 Å². The van der Waals surface area contributed by atoms with Gasteiger partial charge in [-0.15, -0.1) is 0 Å². The molecule has 10 heteroatoms. The second kappa shape index (κ2) is 37.3. The van der Waals surface area contributed by atoms with E-state index >= 15 is 0 Å². The molecule has 0 atom stereocenters. The molecule has 0 aromatic heterocycles. The molecule has 0 nitrogen and oxygen atoms in total. The third kappa shape index (κ3) is 78.6. The molecule has 0 aromatic rings. The van der Waals surface area contributed by atoms with Crippen LogP contribution in [0.25, 0.3) is 0 Å². The Balaban J connectivity index is -0.00000000300. The molecule has 58 valence electrons. The monoisotopic (exact) mass is 600 g/mol. The molecule has 0 N–H and O–H groups in total. The minimum absolute atomic E-state index is 0. The van der Waals surface area contributed by atoms with Gasteiger partial charge >= 0.3 is 98.2 Å². The minimum atomic E-state index is -2.18. The predicted octanol–water partition coefficient (Wildman–Crippen LogP) is -13.3. The summed E-state index contributed by atoms with van der Waals surface area (Å²) in [4.78, 5) is 0. The minimum Gasteiger partial charge on any atom is 1.00 e. The molecule has 0 rings (SSSR count). The van der Waals surface area contributed by atoms with E-state index in [-0.39, 0.29) is 104 Å². The first kappa shape index (κ1) is 46.5. The van der Waals surface area contributed by atoms with Crippen LogP contribution in [0.15, 0.2) is 0 Å². The Labute approximate surface area is 144 Å². The van der Waals surface area contributed by atoms with E-state index in [0.717, 1.165) is 0 Å². The fraction of sp³-hybridized carbons (Fsp3) is 0. The Kier molecular flexibility index (Phi) is 173. The Bertz CT molecular complexity index is 18.3. The maximum absolute atomic E-state index is 5.01. The molecule has 0 aliphatic heterocycles. The van der Waals surface area contributed by atoms with Crippen molar-refractivity contribution in [3.8, 4) is 0 Å². The zero-order valence-electron chi connectivity index (χ0n) is 4.67. The van der Waals surface area contributed by atoms with Crippen molar-refractivity contribution >= 4 is 43.7 Å². The molecule has 0 radical (unpaired) electrons. The van der Waals surface area contributed by atoms with Gasteiger partial charge in [-0.05, 0) is 0 Å². The molecule has 10 heavy (non-hydrogen) atoms. The third-order valence-electron chi connectivity index (χ3n) is 0. The topological polar surface area (TPSA) is 0 Å². The van der Waals surface area contributed by atoms with E-state index in [2.05, 4.69) is 0 Å². The van der Waals surface area contributed by atoms with Gasteiger partial charge < -0.3 is 49.6 Å². The molecular weight excluding hydrogens is 603 g/mol. The first-order valence-corrected chi connectivity index (χ1v) is 13.3. The Morgan fingerprint density at radius 2 is 0.700 bits per heavy atom. The first-order chi connectivity index (χ1) is 1.73. The summed E-state index contributed by atoms with van der Waals surface area (Å²) in [5, 5.41) is 0. The van der Waals surface area contributed by atoms with Crippen LogP contribution >= 0.6 is 25.5 Å². The van der Waals surface area contributed by atoms with Gasteiger partial charge in [-0.1, -0.05) is 0 Å². The largest absolute Gasteiger partial charge is 3.00 e. The molecule has 0 heterocycles. The van der Waals surface area contributed by atoms with Crippen molar-refractivity contribution in [1.82, 2.24) is 0 Å². The van der Waals surface area contributed by atoms with E-state index in [0.29, 0.717) is 0 Å². The molecule has 0 aromatic carbocycles. The summed E-state index contributed by atoms with van der Waals surface area (Å²) in [6.45, 7) is 0. The van der Waals surface area contributed by atoms with Crippen LogP contribution in [0.2, 0.25) is 0 Å². The molecule has 0 saturated heterocycles.